The second kappa shape index (κ2) is 8.49. The SMILES string of the molecule is COc1cc(OC)cc(C(=O)NC(C)(C)COc2cccc3nc(C)cc(N)c23)c1. The number of aryl methyl sites for hydroxylation is 1. The Hall–Kier alpha value is -3.48. The molecule has 0 bridgehead atoms. The maximum absolute atomic E-state index is 12.8. The third-order valence-corrected chi connectivity index (χ3v) is 4.61. The number of nitrogen functional groups attached to an aromatic ring is 1. The van der Waals surface area contributed by atoms with E-state index < -0.39 is 5.54 Å². The number of anilines is 1. The Morgan fingerprint density at radius 3 is 2.40 bits per heavy atom. The molecule has 0 atom stereocenters. The topological polar surface area (TPSA) is 95.7 Å². The number of amides is 1. The molecule has 1 amide bonds. The molecule has 7 heteroatoms. The van der Waals surface area contributed by atoms with Crippen LogP contribution < -0.4 is 25.3 Å². The summed E-state index contributed by atoms with van der Waals surface area (Å²) in [5.41, 5.74) is 8.21. The first-order valence-electron chi connectivity index (χ1n) is 9.56. The third kappa shape index (κ3) is 4.74. The minimum Gasteiger partial charge on any atom is -0.497 e. The Kier molecular flexibility index (Phi) is 6.01. The number of nitrogens with one attached hydrogen (secondary N) is 1. The summed E-state index contributed by atoms with van der Waals surface area (Å²) in [6.07, 6.45) is 0. The molecule has 7 nitrogen and oxygen atoms in total. The van der Waals surface area contributed by atoms with Crippen molar-refractivity contribution in [2.24, 2.45) is 0 Å². The lowest BCUT2D eigenvalue weighted by molar-refractivity contribution is 0.0880. The summed E-state index contributed by atoms with van der Waals surface area (Å²) in [6.45, 7) is 5.92. The monoisotopic (exact) mass is 409 g/mol. The van der Waals surface area contributed by atoms with Crippen molar-refractivity contribution in [3.63, 3.8) is 0 Å². The van der Waals surface area contributed by atoms with E-state index in [4.69, 9.17) is 19.9 Å². The van der Waals surface area contributed by atoms with Crippen molar-refractivity contribution >= 4 is 22.5 Å². The van der Waals surface area contributed by atoms with Crippen LogP contribution in [0.2, 0.25) is 0 Å². The largest absolute Gasteiger partial charge is 0.497 e. The Balaban J connectivity index is 1.76. The van der Waals surface area contributed by atoms with E-state index in [0.717, 1.165) is 16.6 Å². The molecule has 3 aromatic rings. The molecule has 1 aromatic heterocycles. The summed E-state index contributed by atoms with van der Waals surface area (Å²) in [4.78, 5) is 17.3. The lowest BCUT2D eigenvalue weighted by Crippen LogP contribution is -2.47. The molecule has 0 aliphatic heterocycles. The van der Waals surface area contributed by atoms with Gasteiger partial charge >= 0.3 is 0 Å². The van der Waals surface area contributed by atoms with Gasteiger partial charge in [-0.2, -0.15) is 0 Å². The van der Waals surface area contributed by atoms with Crippen LogP contribution in [0.25, 0.3) is 10.9 Å². The van der Waals surface area contributed by atoms with Gasteiger partial charge in [-0.05, 0) is 51.1 Å². The average Bonchev–Trinajstić information content (AvgIpc) is 2.71. The summed E-state index contributed by atoms with van der Waals surface area (Å²) < 4.78 is 16.5. The van der Waals surface area contributed by atoms with E-state index in [1.807, 2.05) is 45.0 Å². The van der Waals surface area contributed by atoms with Crippen molar-refractivity contribution in [1.82, 2.24) is 10.3 Å². The number of pyridine rings is 1. The van der Waals surface area contributed by atoms with Gasteiger partial charge in [0.1, 0.15) is 23.9 Å². The van der Waals surface area contributed by atoms with Crippen molar-refractivity contribution in [3.05, 3.63) is 53.7 Å². The molecule has 0 saturated heterocycles. The fraction of sp³-hybridized carbons (Fsp3) is 0.304. The van der Waals surface area contributed by atoms with Gasteiger partial charge in [0.15, 0.2) is 0 Å². The summed E-state index contributed by atoms with van der Waals surface area (Å²) in [6, 6.07) is 12.5. The Morgan fingerprint density at radius 1 is 1.10 bits per heavy atom. The number of fused-ring (bicyclic) bond motifs is 1. The van der Waals surface area contributed by atoms with E-state index in [2.05, 4.69) is 10.3 Å². The van der Waals surface area contributed by atoms with Crippen molar-refractivity contribution in [2.45, 2.75) is 26.3 Å². The smallest absolute Gasteiger partial charge is 0.252 e. The van der Waals surface area contributed by atoms with E-state index in [-0.39, 0.29) is 12.5 Å². The van der Waals surface area contributed by atoms with E-state index >= 15 is 0 Å². The van der Waals surface area contributed by atoms with E-state index in [1.165, 1.54) is 0 Å². The number of nitrogens with zero attached hydrogens (tertiary/aromatic N) is 1. The zero-order valence-corrected chi connectivity index (χ0v) is 17.9. The summed E-state index contributed by atoms with van der Waals surface area (Å²) in [5, 5.41) is 3.76. The molecule has 158 valence electrons. The number of rotatable bonds is 7. The standard InChI is InChI=1S/C23H27N3O4/c1-14-9-18(24)21-19(25-14)7-6-8-20(21)30-13-23(2,3)26-22(27)15-10-16(28-4)12-17(11-15)29-5/h6-12H,13H2,1-5H3,(H2,24,25)(H,26,27). The van der Waals surface area contributed by atoms with E-state index in [1.54, 1.807) is 32.4 Å². The number of benzene rings is 2. The molecule has 2 aromatic carbocycles. The molecule has 0 unspecified atom stereocenters. The van der Waals surface area contributed by atoms with Crippen LogP contribution in [-0.4, -0.2) is 37.3 Å². The van der Waals surface area contributed by atoms with Gasteiger partial charge in [0, 0.05) is 23.0 Å². The first kappa shape index (κ1) is 21.2. The molecule has 0 aliphatic rings. The zero-order valence-electron chi connectivity index (χ0n) is 17.9. The number of hydrogen-bond acceptors (Lipinski definition) is 6. The first-order chi connectivity index (χ1) is 14.2. The number of hydrogen-bond donors (Lipinski definition) is 2. The van der Waals surface area contributed by atoms with Gasteiger partial charge in [0.05, 0.1) is 30.7 Å². The van der Waals surface area contributed by atoms with Crippen LogP contribution in [0.3, 0.4) is 0 Å². The van der Waals surface area contributed by atoms with Crippen LogP contribution in [0.15, 0.2) is 42.5 Å². The van der Waals surface area contributed by atoms with Crippen molar-refractivity contribution in [3.8, 4) is 17.2 Å². The molecule has 3 rings (SSSR count). The molecule has 0 fully saturated rings. The number of aromatic nitrogens is 1. The third-order valence-electron chi connectivity index (χ3n) is 4.61. The van der Waals surface area contributed by atoms with Crippen molar-refractivity contribution < 1.29 is 19.0 Å². The van der Waals surface area contributed by atoms with Crippen molar-refractivity contribution in [1.29, 1.82) is 0 Å². The Labute approximate surface area is 176 Å². The van der Waals surface area contributed by atoms with Crippen LogP contribution in [0.1, 0.15) is 29.9 Å². The van der Waals surface area contributed by atoms with Crippen LogP contribution in [0, 0.1) is 6.92 Å². The predicted molar refractivity (Wildman–Crippen MR) is 117 cm³/mol. The molecule has 0 aliphatic carbocycles. The highest BCUT2D eigenvalue weighted by Crippen LogP contribution is 2.31. The lowest BCUT2D eigenvalue weighted by atomic mass is 10.1. The number of carbonyl (C=O) groups is 1. The average molecular weight is 409 g/mol. The van der Waals surface area contributed by atoms with Gasteiger partial charge in [0.2, 0.25) is 0 Å². The molecule has 1 heterocycles. The highest BCUT2D eigenvalue weighted by molar-refractivity contribution is 5.96. The predicted octanol–water partition coefficient (Wildman–Crippen LogP) is 3.73. The summed E-state index contributed by atoms with van der Waals surface area (Å²) >= 11 is 0. The van der Waals surface area contributed by atoms with E-state index in [0.29, 0.717) is 28.5 Å². The van der Waals surface area contributed by atoms with Gasteiger partial charge in [-0.3, -0.25) is 9.78 Å². The van der Waals surface area contributed by atoms with Crippen LogP contribution in [0.4, 0.5) is 5.69 Å². The summed E-state index contributed by atoms with van der Waals surface area (Å²) in [7, 11) is 3.08. The van der Waals surface area contributed by atoms with Gasteiger partial charge in [-0.25, -0.2) is 0 Å². The molecule has 30 heavy (non-hydrogen) atoms. The molecular formula is C23H27N3O4. The Morgan fingerprint density at radius 2 is 1.77 bits per heavy atom. The van der Waals surface area contributed by atoms with Gasteiger partial charge in [0.25, 0.3) is 5.91 Å². The van der Waals surface area contributed by atoms with Gasteiger partial charge in [-0.1, -0.05) is 6.07 Å². The fourth-order valence-electron chi connectivity index (χ4n) is 3.15. The molecule has 0 radical (unpaired) electrons. The quantitative estimate of drug-likeness (QED) is 0.617. The van der Waals surface area contributed by atoms with Crippen molar-refractivity contribution in [2.75, 3.05) is 26.6 Å². The second-order valence-corrected chi connectivity index (χ2v) is 7.73. The number of nitrogens with two attached hydrogens (primary N) is 1. The van der Waals surface area contributed by atoms with Crippen LogP contribution in [-0.2, 0) is 0 Å². The summed E-state index contributed by atoms with van der Waals surface area (Å²) in [5.74, 6) is 1.46. The van der Waals surface area contributed by atoms with Crippen LogP contribution >= 0.6 is 0 Å². The Bertz CT molecular complexity index is 1060. The highest BCUT2D eigenvalue weighted by atomic mass is 16.5. The normalized spacial score (nSPS) is 11.2. The minimum atomic E-state index is -0.650. The molecule has 0 saturated carbocycles. The number of ether oxygens (including phenoxy) is 3. The van der Waals surface area contributed by atoms with Crippen LogP contribution in [0.5, 0.6) is 17.2 Å². The van der Waals surface area contributed by atoms with Gasteiger partial charge < -0.3 is 25.3 Å². The second-order valence-electron chi connectivity index (χ2n) is 7.73. The van der Waals surface area contributed by atoms with E-state index in [9.17, 15) is 4.79 Å². The molecular weight excluding hydrogens is 382 g/mol. The maximum Gasteiger partial charge on any atom is 0.252 e. The maximum atomic E-state index is 12.8. The lowest BCUT2D eigenvalue weighted by Gasteiger charge is -2.27. The number of carbonyl (C=O) groups excluding carboxylic acids is 1. The number of methoxy groups -OCH3 is 2. The minimum absolute atomic E-state index is 0.242. The highest BCUT2D eigenvalue weighted by Gasteiger charge is 2.24. The fourth-order valence-corrected chi connectivity index (χ4v) is 3.15. The molecule has 3 N–H and O–H groups in total. The van der Waals surface area contributed by atoms with Gasteiger partial charge in [-0.15, -0.1) is 0 Å². The first-order valence-corrected chi connectivity index (χ1v) is 9.56. The molecule has 0 spiro atoms. The zero-order chi connectivity index (χ0) is 21.9.